The molecule has 2 rings (SSSR count). The first-order chi connectivity index (χ1) is 8.19. The molecule has 1 heterocycles. The Bertz CT molecular complexity index is 513. The minimum Gasteiger partial charge on any atom is -0.505 e. The van der Waals surface area contributed by atoms with Crippen LogP contribution in [-0.4, -0.2) is 10.1 Å². The molecule has 1 aromatic carbocycles. The van der Waals surface area contributed by atoms with Crippen LogP contribution < -0.4 is 5.32 Å². The Morgan fingerprint density at radius 1 is 1.47 bits per heavy atom. The average Bonchev–Trinajstić information content (AvgIpc) is 2.79. The van der Waals surface area contributed by atoms with E-state index >= 15 is 0 Å². The summed E-state index contributed by atoms with van der Waals surface area (Å²) in [6.45, 7) is 2.67. The van der Waals surface area contributed by atoms with Crippen LogP contribution in [0.4, 0.5) is 10.1 Å². The van der Waals surface area contributed by atoms with Gasteiger partial charge in [0.05, 0.1) is 11.6 Å². The predicted octanol–water partition coefficient (Wildman–Crippen LogP) is 3.16. The molecule has 2 N–H and O–H groups in total. The zero-order valence-electron chi connectivity index (χ0n) is 9.40. The number of thiazole rings is 1. The minimum absolute atomic E-state index is 0.332. The normalized spacial score (nSPS) is 10.5. The molecule has 0 aliphatic rings. The molecule has 0 fully saturated rings. The summed E-state index contributed by atoms with van der Waals surface area (Å²) in [6.07, 6.45) is 2.76. The molecule has 90 valence electrons. The highest BCUT2D eigenvalue weighted by molar-refractivity contribution is 7.11. The fraction of sp³-hybridized carbons (Fsp3) is 0.250. The molecule has 1 aromatic heterocycles. The van der Waals surface area contributed by atoms with Crippen LogP contribution in [0.15, 0.2) is 24.4 Å². The highest BCUT2D eigenvalue weighted by Gasteiger charge is 2.03. The van der Waals surface area contributed by atoms with Gasteiger partial charge in [0.2, 0.25) is 0 Å². The van der Waals surface area contributed by atoms with E-state index in [0.29, 0.717) is 12.2 Å². The molecule has 0 saturated carbocycles. The van der Waals surface area contributed by atoms with E-state index < -0.39 is 5.82 Å². The first-order valence-corrected chi connectivity index (χ1v) is 6.16. The maximum Gasteiger partial charge on any atom is 0.166 e. The highest BCUT2D eigenvalue weighted by atomic mass is 32.1. The van der Waals surface area contributed by atoms with E-state index in [4.69, 9.17) is 5.11 Å². The second-order valence-electron chi connectivity index (χ2n) is 3.59. The van der Waals surface area contributed by atoms with Gasteiger partial charge in [0, 0.05) is 22.8 Å². The zero-order valence-corrected chi connectivity index (χ0v) is 10.2. The summed E-state index contributed by atoms with van der Waals surface area (Å²) in [6, 6.07) is 4.25. The average molecular weight is 252 g/mol. The Labute approximate surface area is 103 Å². The van der Waals surface area contributed by atoms with Gasteiger partial charge in [0.1, 0.15) is 0 Å². The SMILES string of the molecule is CCc1ncc(CNc2ccc(O)c(F)c2)s1. The van der Waals surface area contributed by atoms with E-state index in [1.54, 1.807) is 17.4 Å². The summed E-state index contributed by atoms with van der Waals surface area (Å²) in [4.78, 5) is 5.35. The Morgan fingerprint density at radius 2 is 2.29 bits per heavy atom. The second-order valence-corrected chi connectivity index (χ2v) is 4.79. The molecule has 5 heteroatoms. The number of aromatic nitrogens is 1. The standard InChI is InChI=1S/C12H13FN2OS/c1-2-12-15-7-9(17-12)6-14-8-3-4-11(16)10(13)5-8/h3-5,7,14,16H,2,6H2,1H3. The molecule has 0 unspecified atom stereocenters. The Balaban J connectivity index is 1.99. The number of benzene rings is 1. The third-order valence-electron chi connectivity index (χ3n) is 2.32. The monoisotopic (exact) mass is 252 g/mol. The van der Waals surface area contributed by atoms with E-state index in [1.807, 2.05) is 6.20 Å². The van der Waals surface area contributed by atoms with Crippen LogP contribution in [0.5, 0.6) is 5.75 Å². The number of hydrogen-bond donors (Lipinski definition) is 2. The molecule has 3 nitrogen and oxygen atoms in total. The van der Waals surface area contributed by atoms with E-state index in [0.717, 1.165) is 16.3 Å². The summed E-state index contributed by atoms with van der Waals surface area (Å²) in [5.74, 6) is -0.949. The van der Waals surface area contributed by atoms with Crippen molar-refractivity contribution >= 4 is 17.0 Å². The number of nitrogens with zero attached hydrogens (tertiary/aromatic N) is 1. The second kappa shape index (κ2) is 5.14. The fourth-order valence-electron chi connectivity index (χ4n) is 1.40. The van der Waals surface area contributed by atoms with E-state index in [9.17, 15) is 4.39 Å². The summed E-state index contributed by atoms with van der Waals surface area (Å²) in [5, 5.41) is 13.2. The fourth-order valence-corrected chi connectivity index (χ4v) is 2.20. The molecule has 0 aliphatic carbocycles. The number of rotatable bonds is 4. The first-order valence-electron chi connectivity index (χ1n) is 5.35. The number of halogens is 1. The minimum atomic E-state index is -0.617. The molecule has 17 heavy (non-hydrogen) atoms. The van der Waals surface area contributed by atoms with Crippen molar-refractivity contribution in [3.8, 4) is 5.75 Å². The van der Waals surface area contributed by atoms with Crippen molar-refractivity contribution in [3.63, 3.8) is 0 Å². The molecule has 0 amide bonds. The van der Waals surface area contributed by atoms with Gasteiger partial charge in [-0.2, -0.15) is 0 Å². The Hall–Kier alpha value is -1.62. The maximum atomic E-state index is 13.1. The molecule has 0 spiro atoms. The number of hydrogen-bond acceptors (Lipinski definition) is 4. The number of aromatic hydroxyl groups is 1. The van der Waals surface area contributed by atoms with Crippen LogP contribution in [0.1, 0.15) is 16.8 Å². The van der Waals surface area contributed by atoms with Crippen LogP contribution >= 0.6 is 11.3 Å². The van der Waals surface area contributed by atoms with Gasteiger partial charge in [-0.15, -0.1) is 11.3 Å². The van der Waals surface area contributed by atoms with Gasteiger partial charge >= 0.3 is 0 Å². The van der Waals surface area contributed by atoms with Gasteiger partial charge in [-0.25, -0.2) is 9.37 Å². The molecular formula is C12H13FN2OS. The lowest BCUT2D eigenvalue weighted by atomic mass is 10.3. The third kappa shape index (κ3) is 2.94. The van der Waals surface area contributed by atoms with Crippen molar-refractivity contribution in [2.75, 3.05) is 5.32 Å². The lowest BCUT2D eigenvalue weighted by molar-refractivity contribution is 0.432. The van der Waals surface area contributed by atoms with Crippen molar-refractivity contribution in [2.24, 2.45) is 0 Å². The summed E-state index contributed by atoms with van der Waals surface area (Å²) in [7, 11) is 0. The van der Waals surface area contributed by atoms with Crippen LogP contribution in [-0.2, 0) is 13.0 Å². The smallest absolute Gasteiger partial charge is 0.166 e. The van der Waals surface area contributed by atoms with E-state index in [2.05, 4.69) is 17.2 Å². The van der Waals surface area contributed by atoms with Crippen LogP contribution in [0.25, 0.3) is 0 Å². The number of phenols is 1. The van der Waals surface area contributed by atoms with Crippen LogP contribution in [0, 0.1) is 5.82 Å². The maximum absolute atomic E-state index is 13.1. The Kier molecular flexibility index (Phi) is 3.58. The van der Waals surface area contributed by atoms with Crippen LogP contribution in [0.3, 0.4) is 0 Å². The molecule has 0 atom stereocenters. The van der Waals surface area contributed by atoms with Crippen molar-refractivity contribution in [1.29, 1.82) is 0 Å². The molecule has 2 aromatic rings. The van der Waals surface area contributed by atoms with Gasteiger partial charge in [-0.3, -0.25) is 0 Å². The third-order valence-corrected chi connectivity index (χ3v) is 3.46. The quantitative estimate of drug-likeness (QED) is 0.821. The molecule has 0 saturated heterocycles. The van der Waals surface area contributed by atoms with Crippen molar-refractivity contribution < 1.29 is 9.50 Å². The van der Waals surface area contributed by atoms with Crippen molar-refractivity contribution in [3.05, 3.63) is 40.1 Å². The number of anilines is 1. The highest BCUT2D eigenvalue weighted by Crippen LogP contribution is 2.21. The number of phenolic OH excluding ortho intramolecular Hbond substituents is 1. The molecule has 0 radical (unpaired) electrons. The summed E-state index contributed by atoms with van der Waals surface area (Å²) in [5.41, 5.74) is 0.645. The van der Waals surface area contributed by atoms with Gasteiger partial charge < -0.3 is 10.4 Å². The summed E-state index contributed by atoms with van der Waals surface area (Å²) >= 11 is 1.64. The summed E-state index contributed by atoms with van der Waals surface area (Å²) < 4.78 is 13.1. The van der Waals surface area contributed by atoms with Gasteiger partial charge in [0.25, 0.3) is 0 Å². The van der Waals surface area contributed by atoms with Crippen molar-refractivity contribution in [2.45, 2.75) is 19.9 Å². The largest absolute Gasteiger partial charge is 0.505 e. The van der Waals surface area contributed by atoms with E-state index in [1.165, 1.54) is 12.1 Å². The lowest BCUT2D eigenvalue weighted by Crippen LogP contribution is -1.97. The van der Waals surface area contributed by atoms with Gasteiger partial charge in [-0.1, -0.05) is 6.92 Å². The lowest BCUT2D eigenvalue weighted by Gasteiger charge is -2.04. The number of nitrogens with one attached hydrogen (secondary N) is 1. The van der Waals surface area contributed by atoms with E-state index in [-0.39, 0.29) is 5.75 Å². The Morgan fingerprint density at radius 3 is 2.94 bits per heavy atom. The molecular weight excluding hydrogens is 239 g/mol. The zero-order chi connectivity index (χ0) is 12.3. The molecule has 0 aliphatic heterocycles. The first kappa shape index (κ1) is 11.9. The van der Waals surface area contributed by atoms with Gasteiger partial charge in [0.15, 0.2) is 11.6 Å². The molecule has 0 bridgehead atoms. The predicted molar refractivity (Wildman–Crippen MR) is 66.9 cm³/mol. The topological polar surface area (TPSA) is 45.2 Å². The van der Waals surface area contributed by atoms with Gasteiger partial charge in [-0.05, 0) is 18.6 Å². The van der Waals surface area contributed by atoms with Crippen molar-refractivity contribution in [1.82, 2.24) is 4.98 Å². The number of aryl methyl sites for hydroxylation is 1. The van der Waals surface area contributed by atoms with Crippen LogP contribution in [0.2, 0.25) is 0 Å².